The van der Waals surface area contributed by atoms with Gasteiger partial charge in [-0.15, -0.1) is 11.3 Å². The number of likely N-dealkylation sites (tertiary alicyclic amines) is 1. The number of amides is 1. The monoisotopic (exact) mass is 536 g/mol. The Labute approximate surface area is 224 Å². The SMILES string of the molecule is COc1ccc(CNc2cc3nc(NC(C)c4ccccn4)nc(C(=O)N4CCC(F)C4)c3s2)cc1OC. The summed E-state index contributed by atoms with van der Waals surface area (Å²) < 4.78 is 25.3. The van der Waals surface area contributed by atoms with Gasteiger partial charge >= 0.3 is 0 Å². The van der Waals surface area contributed by atoms with Gasteiger partial charge in [-0.25, -0.2) is 14.4 Å². The first-order chi connectivity index (χ1) is 18.4. The van der Waals surface area contributed by atoms with Crippen molar-refractivity contribution in [3.8, 4) is 11.5 Å². The molecule has 1 amide bonds. The number of ether oxygens (including phenoxy) is 2. The summed E-state index contributed by atoms with van der Waals surface area (Å²) in [6.07, 6.45) is 1.05. The minimum absolute atomic E-state index is 0.0766. The molecule has 1 aromatic carbocycles. The average Bonchev–Trinajstić information content (AvgIpc) is 3.57. The maximum atomic E-state index is 13.9. The number of carbonyl (C=O) groups is 1. The predicted octanol–water partition coefficient (Wildman–Crippen LogP) is 5.07. The third-order valence-corrected chi connectivity index (χ3v) is 7.47. The Balaban J connectivity index is 1.44. The summed E-state index contributed by atoms with van der Waals surface area (Å²) in [5.41, 5.74) is 2.73. The lowest BCUT2D eigenvalue weighted by molar-refractivity contribution is 0.0779. The lowest BCUT2D eigenvalue weighted by Gasteiger charge is -2.17. The first-order valence-corrected chi connectivity index (χ1v) is 13.1. The quantitative estimate of drug-likeness (QED) is 0.306. The number of halogens is 1. The molecule has 1 fully saturated rings. The normalized spacial score (nSPS) is 15.9. The summed E-state index contributed by atoms with van der Waals surface area (Å²) in [6, 6.07) is 13.1. The Kier molecular flexibility index (Phi) is 7.54. The largest absolute Gasteiger partial charge is 0.493 e. The molecule has 4 aromatic rings. The van der Waals surface area contributed by atoms with E-state index in [1.807, 2.05) is 49.4 Å². The number of hydrogen-bond acceptors (Lipinski definition) is 9. The summed E-state index contributed by atoms with van der Waals surface area (Å²) in [7, 11) is 3.20. The van der Waals surface area contributed by atoms with Crippen LogP contribution in [0.5, 0.6) is 11.5 Å². The van der Waals surface area contributed by atoms with E-state index in [0.717, 1.165) is 16.3 Å². The number of anilines is 2. The zero-order valence-electron chi connectivity index (χ0n) is 21.4. The van der Waals surface area contributed by atoms with Crippen LogP contribution >= 0.6 is 11.3 Å². The molecule has 38 heavy (non-hydrogen) atoms. The van der Waals surface area contributed by atoms with Gasteiger partial charge in [-0.05, 0) is 49.2 Å². The molecule has 9 nitrogen and oxygen atoms in total. The van der Waals surface area contributed by atoms with Crippen molar-refractivity contribution in [1.82, 2.24) is 19.9 Å². The summed E-state index contributed by atoms with van der Waals surface area (Å²) in [5.74, 6) is 1.34. The van der Waals surface area contributed by atoms with Crippen LogP contribution in [0.3, 0.4) is 0 Å². The third kappa shape index (κ3) is 5.47. The van der Waals surface area contributed by atoms with Gasteiger partial charge in [-0.3, -0.25) is 9.78 Å². The number of thiophene rings is 1. The van der Waals surface area contributed by atoms with Crippen LogP contribution in [0.25, 0.3) is 10.2 Å². The van der Waals surface area contributed by atoms with Gasteiger partial charge in [0.05, 0.1) is 47.7 Å². The standard InChI is InChI=1S/C27H29FN6O3S/c1-16(19-6-4-5-10-29-19)31-27-32-20-13-23(30-14-17-7-8-21(36-2)22(12-17)37-3)38-25(20)24(33-27)26(35)34-11-9-18(28)15-34/h4-8,10,12-13,16,18,30H,9,11,14-15H2,1-3H3,(H,31,32,33). The van der Waals surface area contributed by atoms with Crippen LogP contribution in [0.15, 0.2) is 48.7 Å². The van der Waals surface area contributed by atoms with Crippen LogP contribution < -0.4 is 20.1 Å². The first kappa shape index (κ1) is 25.7. The molecule has 1 aliphatic rings. The maximum Gasteiger partial charge on any atom is 0.274 e. The molecular weight excluding hydrogens is 507 g/mol. The smallest absolute Gasteiger partial charge is 0.274 e. The summed E-state index contributed by atoms with van der Waals surface area (Å²) in [4.78, 5) is 28.6. The Morgan fingerprint density at radius 3 is 2.74 bits per heavy atom. The summed E-state index contributed by atoms with van der Waals surface area (Å²) >= 11 is 1.40. The van der Waals surface area contributed by atoms with E-state index < -0.39 is 6.17 Å². The molecule has 5 rings (SSSR count). The lowest BCUT2D eigenvalue weighted by Crippen LogP contribution is -2.30. The van der Waals surface area contributed by atoms with E-state index in [2.05, 4.69) is 20.6 Å². The van der Waals surface area contributed by atoms with Crippen LogP contribution in [0.1, 0.15) is 41.1 Å². The molecule has 0 saturated carbocycles. The van der Waals surface area contributed by atoms with Crippen molar-refractivity contribution >= 4 is 38.4 Å². The first-order valence-electron chi connectivity index (χ1n) is 12.3. The second-order valence-corrected chi connectivity index (χ2v) is 10.1. The van der Waals surface area contributed by atoms with E-state index in [1.54, 1.807) is 20.4 Å². The van der Waals surface area contributed by atoms with Crippen molar-refractivity contribution < 1.29 is 18.7 Å². The molecule has 0 spiro atoms. The highest BCUT2D eigenvalue weighted by Gasteiger charge is 2.30. The molecule has 198 valence electrons. The van der Waals surface area contributed by atoms with Crippen molar-refractivity contribution in [3.63, 3.8) is 0 Å². The van der Waals surface area contributed by atoms with Crippen molar-refractivity contribution in [3.05, 3.63) is 65.6 Å². The second-order valence-electron chi connectivity index (χ2n) is 9.02. The number of pyridine rings is 1. The van der Waals surface area contributed by atoms with Crippen LogP contribution in [0.2, 0.25) is 0 Å². The summed E-state index contributed by atoms with van der Waals surface area (Å²) in [5, 5.41) is 7.50. The molecule has 1 saturated heterocycles. The molecule has 0 bridgehead atoms. The van der Waals surface area contributed by atoms with Gasteiger partial charge in [-0.2, -0.15) is 0 Å². The molecule has 0 radical (unpaired) electrons. The van der Waals surface area contributed by atoms with Gasteiger partial charge < -0.3 is 25.0 Å². The number of alkyl halides is 1. The lowest BCUT2D eigenvalue weighted by atomic mass is 10.2. The van der Waals surface area contributed by atoms with Crippen molar-refractivity contribution in [1.29, 1.82) is 0 Å². The van der Waals surface area contributed by atoms with E-state index in [-0.39, 0.29) is 24.2 Å². The Bertz CT molecular complexity index is 1430. The fraction of sp³-hybridized carbons (Fsp3) is 0.333. The molecular formula is C27H29FN6O3S. The number of benzene rings is 1. The van der Waals surface area contributed by atoms with Gasteiger partial charge in [0.1, 0.15) is 6.17 Å². The summed E-state index contributed by atoms with van der Waals surface area (Å²) in [6.45, 7) is 2.93. The number of carbonyl (C=O) groups excluding carboxylic acids is 1. The van der Waals surface area contributed by atoms with Gasteiger partial charge in [0.15, 0.2) is 17.2 Å². The fourth-order valence-corrected chi connectivity index (χ4v) is 5.33. The predicted molar refractivity (Wildman–Crippen MR) is 146 cm³/mol. The van der Waals surface area contributed by atoms with Gasteiger partial charge in [0.2, 0.25) is 5.95 Å². The van der Waals surface area contributed by atoms with Crippen molar-refractivity contribution in [2.45, 2.75) is 32.1 Å². The highest BCUT2D eigenvalue weighted by Crippen LogP contribution is 2.34. The van der Waals surface area contributed by atoms with E-state index in [0.29, 0.717) is 47.2 Å². The zero-order chi connectivity index (χ0) is 26.6. The van der Waals surface area contributed by atoms with Gasteiger partial charge in [-0.1, -0.05) is 12.1 Å². The van der Waals surface area contributed by atoms with Crippen LogP contribution in [-0.2, 0) is 6.54 Å². The van der Waals surface area contributed by atoms with E-state index in [4.69, 9.17) is 14.5 Å². The number of nitrogens with one attached hydrogen (secondary N) is 2. The molecule has 4 heterocycles. The Hall–Kier alpha value is -3.99. The number of aromatic nitrogens is 3. The molecule has 3 aromatic heterocycles. The average molecular weight is 537 g/mol. The van der Waals surface area contributed by atoms with E-state index in [9.17, 15) is 9.18 Å². The molecule has 1 aliphatic heterocycles. The van der Waals surface area contributed by atoms with Crippen LogP contribution in [0.4, 0.5) is 15.3 Å². The maximum absolute atomic E-state index is 13.9. The topological polar surface area (TPSA) is 102 Å². The Morgan fingerprint density at radius 1 is 1.18 bits per heavy atom. The second kappa shape index (κ2) is 11.2. The number of hydrogen-bond donors (Lipinski definition) is 2. The molecule has 0 aliphatic carbocycles. The number of fused-ring (bicyclic) bond motifs is 1. The minimum Gasteiger partial charge on any atom is -0.493 e. The van der Waals surface area contributed by atoms with E-state index in [1.165, 1.54) is 16.2 Å². The zero-order valence-corrected chi connectivity index (χ0v) is 22.2. The van der Waals surface area contributed by atoms with Crippen LogP contribution in [0, 0.1) is 0 Å². The third-order valence-electron chi connectivity index (χ3n) is 6.38. The highest BCUT2D eigenvalue weighted by molar-refractivity contribution is 7.23. The van der Waals surface area contributed by atoms with Crippen molar-refractivity contribution in [2.75, 3.05) is 37.9 Å². The van der Waals surface area contributed by atoms with Gasteiger partial charge in [0.25, 0.3) is 5.91 Å². The van der Waals surface area contributed by atoms with E-state index >= 15 is 0 Å². The fourth-order valence-electron chi connectivity index (χ4n) is 4.36. The molecule has 11 heteroatoms. The number of methoxy groups -OCH3 is 2. The number of rotatable bonds is 9. The number of nitrogens with zero attached hydrogens (tertiary/aromatic N) is 4. The Morgan fingerprint density at radius 2 is 2.03 bits per heavy atom. The molecule has 2 N–H and O–H groups in total. The van der Waals surface area contributed by atoms with Crippen LogP contribution in [-0.4, -0.2) is 59.2 Å². The molecule has 2 atom stereocenters. The highest BCUT2D eigenvalue weighted by atomic mass is 32.1. The van der Waals surface area contributed by atoms with Gasteiger partial charge in [0, 0.05) is 19.3 Å². The van der Waals surface area contributed by atoms with Crippen molar-refractivity contribution in [2.24, 2.45) is 0 Å². The molecule has 2 unspecified atom stereocenters. The minimum atomic E-state index is -1.01.